The van der Waals surface area contributed by atoms with Gasteiger partial charge in [-0.25, -0.2) is 0 Å². The first-order chi connectivity index (χ1) is 14.9. The number of halogens is 3. The summed E-state index contributed by atoms with van der Waals surface area (Å²) in [6, 6.07) is 9.94. The maximum absolute atomic E-state index is 13.0. The number of para-hydroxylation sites is 1. The Morgan fingerprint density at radius 1 is 1.03 bits per heavy atom. The third-order valence-corrected chi connectivity index (χ3v) is 5.70. The second-order valence-electron chi connectivity index (χ2n) is 6.74. The number of nitrogens with zero attached hydrogens (tertiary/aromatic N) is 1. The van der Waals surface area contributed by atoms with Gasteiger partial charge in [0.1, 0.15) is 17.0 Å². The van der Waals surface area contributed by atoms with Gasteiger partial charge in [0.25, 0.3) is 11.8 Å². The number of hydrogen-bond acceptors (Lipinski definition) is 5. The zero-order valence-corrected chi connectivity index (χ0v) is 18.4. The molecule has 1 aliphatic rings. The van der Waals surface area contributed by atoms with E-state index in [4.69, 9.17) is 48.7 Å². The van der Waals surface area contributed by atoms with Crippen molar-refractivity contribution in [3.05, 3.63) is 57.2 Å². The SMILES string of the molecule is O=C(COc1cc(Cl)c(Cl)cc1Cl)Nc1c(C(=O)N2CCOCC2)oc2ccccc12. The van der Waals surface area contributed by atoms with Crippen molar-refractivity contribution in [3.8, 4) is 5.75 Å². The van der Waals surface area contributed by atoms with Crippen molar-refractivity contribution in [2.24, 2.45) is 0 Å². The molecule has 0 unspecified atom stereocenters. The van der Waals surface area contributed by atoms with Crippen LogP contribution in [0.25, 0.3) is 11.0 Å². The van der Waals surface area contributed by atoms with Crippen LogP contribution in [0.15, 0.2) is 40.8 Å². The Morgan fingerprint density at radius 2 is 1.74 bits per heavy atom. The third kappa shape index (κ3) is 4.75. The molecule has 1 saturated heterocycles. The highest BCUT2D eigenvalue weighted by Crippen LogP contribution is 2.34. The molecule has 2 amide bonds. The molecule has 0 bridgehead atoms. The van der Waals surface area contributed by atoms with Crippen molar-refractivity contribution < 1.29 is 23.5 Å². The molecular formula is C21H17Cl3N2O5. The number of morpholine rings is 1. The summed E-state index contributed by atoms with van der Waals surface area (Å²) in [5.74, 6) is -0.537. The molecular weight excluding hydrogens is 467 g/mol. The van der Waals surface area contributed by atoms with Crippen LogP contribution in [0.5, 0.6) is 5.75 Å². The van der Waals surface area contributed by atoms with Crippen LogP contribution in [0.2, 0.25) is 15.1 Å². The quantitative estimate of drug-likeness (QED) is 0.523. The molecule has 0 saturated carbocycles. The van der Waals surface area contributed by atoms with E-state index in [1.165, 1.54) is 12.1 Å². The standard InChI is InChI=1S/C21H17Cl3N2O5/c22-13-9-15(24)17(10-14(13)23)30-11-18(27)25-19-12-3-1-2-4-16(12)31-20(19)21(28)26-5-7-29-8-6-26/h1-4,9-10H,5-8,11H2,(H,25,27). The number of furan rings is 1. The summed E-state index contributed by atoms with van der Waals surface area (Å²) in [6.45, 7) is 1.44. The zero-order chi connectivity index (χ0) is 22.0. The van der Waals surface area contributed by atoms with Crippen molar-refractivity contribution >= 4 is 63.3 Å². The molecule has 31 heavy (non-hydrogen) atoms. The Morgan fingerprint density at radius 3 is 2.52 bits per heavy atom. The molecule has 2 heterocycles. The van der Waals surface area contributed by atoms with E-state index < -0.39 is 5.91 Å². The minimum Gasteiger partial charge on any atom is -0.482 e. The number of carbonyl (C=O) groups is 2. The number of benzene rings is 2. The smallest absolute Gasteiger partial charge is 0.291 e. The van der Waals surface area contributed by atoms with Gasteiger partial charge in [-0.05, 0) is 18.2 Å². The van der Waals surface area contributed by atoms with E-state index in [1.54, 1.807) is 29.2 Å². The van der Waals surface area contributed by atoms with Crippen molar-refractivity contribution in [2.75, 3.05) is 38.2 Å². The molecule has 0 aliphatic carbocycles. The highest BCUT2D eigenvalue weighted by atomic mass is 35.5. The lowest BCUT2D eigenvalue weighted by atomic mass is 10.2. The van der Waals surface area contributed by atoms with Gasteiger partial charge in [0, 0.05) is 24.5 Å². The minimum absolute atomic E-state index is 0.0593. The van der Waals surface area contributed by atoms with Crippen LogP contribution in [-0.4, -0.2) is 49.6 Å². The highest BCUT2D eigenvalue weighted by Gasteiger charge is 2.27. The summed E-state index contributed by atoms with van der Waals surface area (Å²) < 4.78 is 16.6. The summed E-state index contributed by atoms with van der Waals surface area (Å²) >= 11 is 18.0. The first-order valence-corrected chi connectivity index (χ1v) is 10.5. The van der Waals surface area contributed by atoms with Gasteiger partial charge in [0.05, 0.1) is 28.3 Å². The number of rotatable bonds is 5. The molecule has 0 spiro atoms. The molecule has 1 fully saturated rings. The summed E-state index contributed by atoms with van der Waals surface area (Å²) in [7, 11) is 0. The van der Waals surface area contributed by atoms with Gasteiger partial charge in [-0.3, -0.25) is 9.59 Å². The van der Waals surface area contributed by atoms with E-state index in [0.29, 0.717) is 43.0 Å². The van der Waals surface area contributed by atoms with Crippen LogP contribution < -0.4 is 10.1 Å². The molecule has 1 aromatic heterocycles. The Hall–Kier alpha value is -2.45. The van der Waals surface area contributed by atoms with Gasteiger partial charge in [0.2, 0.25) is 5.76 Å². The van der Waals surface area contributed by atoms with Gasteiger partial charge in [0.15, 0.2) is 6.61 Å². The Balaban J connectivity index is 1.55. The predicted molar refractivity (Wildman–Crippen MR) is 119 cm³/mol. The number of anilines is 1. The molecule has 1 aliphatic heterocycles. The summed E-state index contributed by atoms with van der Waals surface area (Å²) in [5.41, 5.74) is 0.781. The number of nitrogens with one attached hydrogen (secondary N) is 1. The lowest BCUT2D eigenvalue weighted by Gasteiger charge is -2.26. The van der Waals surface area contributed by atoms with E-state index in [1.807, 2.05) is 0 Å². The molecule has 3 aromatic rings. The van der Waals surface area contributed by atoms with Crippen LogP contribution in [0.3, 0.4) is 0 Å². The fourth-order valence-corrected chi connectivity index (χ4v) is 3.76. The maximum Gasteiger partial charge on any atom is 0.291 e. The monoisotopic (exact) mass is 482 g/mol. The Kier molecular flexibility index (Phi) is 6.57. The maximum atomic E-state index is 13.0. The number of amides is 2. The van der Waals surface area contributed by atoms with Crippen LogP contribution >= 0.6 is 34.8 Å². The first-order valence-electron chi connectivity index (χ1n) is 9.40. The third-order valence-electron chi connectivity index (χ3n) is 4.69. The molecule has 2 aromatic carbocycles. The van der Waals surface area contributed by atoms with Crippen molar-refractivity contribution in [3.63, 3.8) is 0 Å². The van der Waals surface area contributed by atoms with Crippen LogP contribution in [0.4, 0.5) is 5.69 Å². The molecule has 0 atom stereocenters. The predicted octanol–water partition coefficient (Wildman–Crippen LogP) is 4.88. The molecule has 0 radical (unpaired) electrons. The van der Waals surface area contributed by atoms with Crippen LogP contribution in [0.1, 0.15) is 10.6 Å². The van der Waals surface area contributed by atoms with Gasteiger partial charge in [-0.1, -0.05) is 46.9 Å². The van der Waals surface area contributed by atoms with Crippen molar-refractivity contribution in [2.45, 2.75) is 0 Å². The molecule has 4 rings (SSSR count). The fraction of sp³-hybridized carbons (Fsp3) is 0.238. The van der Waals surface area contributed by atoms with E-state index in [0.717, 1.165) is 0 Å². The normalized spacial score (nSPS) is 14.0. The number of carbonyl (C=O) groups excluding carboxylic acids is 2. The van der Waals surface area contributed by atoms with E-state index >= 15 is 0 Å². The molecule has 7 nitrogen and oxygen atoms in total. The average molecular weight is 484 g/mol. The zero-order valence-electron chi connectivity index (χ0n) is 16.1. The van der Waals surface area contributed by atoms with E-state index in [-0.39, 0.29) is 39.1 Å². The van der Waals surface area contributed by atoms with Gasteiger partial charge in [-0.15, -0.1) is 0 Å². The summed E-state index contributed by atoms with van der Waals surface area (Å²) in [6.07, 6.45) is 0. The van der Waals surface area contributed by atoms with Crippen LogP contribution in [-0.2, 0) is 9.53 Å². The second kappa shape index (κ2) is 9.36. The first kappa shape index (κ1) is 21.8. The summed E-state index contributed by atoms with van der Waals surface area (Å²) in [4.78, 5) is 27.3. The van der Waals surface area contributed by atoms with Crippen LogP contribution in [0, 0.1) is 0 Å². The summed E-state index contributed by atoms with van der Waals surface area (Å²) in [5, 5.41) is 4.09. The minimum atomic E-state index is -0.496. The molecule has 1 N–H and O–H groups in total. The number of hydrogen-bond donors (Lipinski definition) is 1. The van der Waals surface area contributed by atoms with Gasteiger partial charge < -0.3 is 24.1 Å². The topological polar surface area (TPSA) is 81.0 Å². The fourth-order valence-electron chi connectivity index (χ4n) is 3.16. The number of fused-ring (bicyclic) bond motifs is 1. The molecule has 162 valence electrons. The lowest BCUT2D eigenvalue weighted by molar-refractivity contribution is -0.118. The van der Waals surface area contributed by atoms with E-state index in [2.05, 4.69) is 5.32 Å². The second-order valence-corrected chi connectivity index (χ2v) is 7.96. The van der Waals surface area contributed by atoms with E-state index in [9.17, 15) is 9.59 Å². The van der Waals surface area contributed by atoms with Gasteiger partial charge in [-0.2, -0.15) is 0 Å². The Bertz CT molecular complexity index is 1140. The average Bonchev–Trinajstić information content (AvgIpc) is 3.14. The van der Waals surface area contributed by atoms with Gasteiger partial charge >= 0.3 is 0 Å². The van der Waals surface area contributed by atoms with Crippen molar-refractivity contribution in [1.82, 2.24) is 4.90 Å². The molecule has 10 heteroatoms. The lowest BCUT2D eigenvalue weighted by Crippen LogP contribution is -2.40. The highest BCUT2D eigenvalue weighted by molar-refractivity contribution is 6.43. The largest absolute Gasteiger partial charge is 0.482 e. The number of ether oxygens (including phenoxy) is 2. The Labute approximate surface area is 192 Å². The van der Waals surface area contributed by atoms with Crippen molar-refractivity contribution in [1.29, 1.82) is 0 Å².